The van der Waals surface area contributed by atoms with E-state index < -0.39 is 11.7 Å². The van der Waals surface area contributed by atoms with Crippen LogP contribution >= 0.6 is 11.8 Å². The number of carbonyl (C=O) groups is 1. The summed E-state index contributed by atoms with van der Waals surface area (Å²) in [6.07, 6.45) is -1.74. The summed E-state index contributed by atoms with van der Waals surface area (Å²) in [7, 11) is 0. The zero-order chi connectivity index (χ0) is 21.0. The molecule has 0 radical (unpaired) electrons. The molecule has 0 spiro atoms. The molecule has 0 unspecified atom stereocenters. The Labute approximate surface area is 173 Å². The number of nitrogens with one attached hydrogen (secondary N) is 1. The van der Waals surface area contributed by atoms with Crippen LogP contribution in [0, 0.1) is 0 Å². The molecule has 1 aromatic carbocycles. The number of hydrogen-bond donors (Lipinski definition) is 1. The van der Waals surface area contributed by atoms with Crippen LogP contribution in [0.4, 0.5) is 13.2 Å². The summed E-state index contributed by atoms with van der Waals surface area (Å²) in [5.74, 6) is 0.142. The van der Waals surface area contributed by atoms with Crippen molar-refractivity contribution in [2.45, 2.75) is 57.0 Å². The van der Waals surface area contributed by atoms with Gasteiger partial charge in [0.05, 0.1) is 22.3 Å². The minimum absolute atomic E-state index is 0.0592. The lowest BCUT2D eigenvalue weighted by atomic mass is 10.1. The van der Waals surface area contributed by atoms with Crippen LogP contribution in [0.15, 0.2) is 23.4 Å². The summed E-state index contributed by atoms with van der Waals surface area (Å²) in [5, 5.41) is 3.66. The number of alkyl halides is 3. The molecule has 0 bridgehead atoms. The summed E-state index contributed by atoms with van der Waals surface area (Å²) in [6, 6.07) is 3.78. The molecule has 1 saturated heterocycles. The molecule has 29 heavy (non-hydrogen) atoms. The highest BCUT2D eigenvalue weighted by Crippen LogP contribution is 2.33. The largest absolute Gasteiger partial charge is 0.416 e. The van der Waals surface area contributed by atoms with E-state index in [-0.39, 0.29) is 17.7 Å². The van der Waals surface area contributed by atoms with Crippen molar-refractivity contribution in [2.75, 3.05) is 25.4 Å². The lowest BCUT2D eigenvalue weighted by Crippen LogP contribution is -2.45. The minimum atomic E-state index is -4.39. The summed E-state index contributed by atoms with van der Waals surface area (Å²) < 4.78 is 41.0. The van der Waals surface area contributed by atoms with Crippen LogP contribution < -0.4 is 5.32 Å². The summed E-state index contributed by atoms with van der Waals surface area (Å²) in [6.45, 7) is 7.65. The Hall–Kier alpha value is -1.74. The molecule has 2 heterocycles. The first-order valence-electron chi connectivity index (χ1n) is 10.0. The molecule has 2 aromatic rings. The van der Waals surface area contributed by atoms with Gasteiger partial charge in [-0.15, -0.1) is 0 Å². The molecule has 160 valence electrons. The third kappa shape index (κ3) is 5.45. The zero-order valence-corrected chi connectivity index (χ0v) is 17.6. The van der Waals surface area contributed by atoms with Crippen LogP contribution in [-0.4, -0.2) is 51.8 Å². The second-order valence-electron chi connectivity index (χ2n) is 7.31. The van der Waals surface area contributed by atoms with Crippen molar-refractivity contribution in [2.24, 2.45) is 0 Å². The van der Waals surface area contributed by atoms with Crippen LogP contribution in [0.5, 0.6) is 0 Å². The Morgan fingerprint density at radius 2 is 2.00 bits per heavy atom. The summed E-state index contributed by atoms with van der Waals surface area (Å²) in [4.78, 5) is 19.2. The number of benzene rings is 1. The molecule has 1 N–H and O–H groups in total. The Balaban J connectivity index is 1.67. The van der Waals surface area contributed by atoms with E-state index in [1.54, 1.807) is 4.57 Å². The minimum Gasteiger partial charge on any atom is -0.353 e. The quantitative estimate of drug-likeness (QED) is 0.673. The second-order valence-corrected chi connectivity index (χ2v) is 8.25. The molecule has 9 heteroatoms. The van der Waals surface area contributed by atoms with Gasteiger partial charge in [0.1, 0.15) is 0 Å². The van der Waals surface area contributed by atoms with E-state index >= 15 is 0 Å². The Kier molecular flexibility index (Phi) is 7.10. The zero-order valence-electron chi connectivity index (χ0n) is 16.8. The van der Waals surface area contributed by atoms with E-state index in [2.05, 4.69) is 22.1 Å². The van der Waals surface area contributed by atoms with E-state index in [0.717, 1.165) is 51.0 Å². The number of hydrogen-bond acceptors (Lipinski definition) is 4. The fourth-order valence-electron chi connectivity index (χ4n) is 3.62. The number of carbonyl (C=O) groups excluding carboxylic acids is 1. The molecule has 1 aliphatic rings. The number of thioether (sulfide) groups is 1. The number of aromatic nitrogens is 2. The van der Waals surface area contributed by atoms with Crippen LogP contribution in [-0.2, 0) is 17.5 Å². The lowest BCUT2D eigenvalue weighted by molar-refractivity contribution is -0.137. The van der Waals surface area contributed by atoms with Crippen molar-refractivity contribution in [3.8, 4) is 0 Å². The highest BCUT2D eigenvalue weighted by atomic mass is 32.2. The predicted octanol–water partition coefficient (Wildman–Crippen LogP) is 4.16. The van der Waals surface area contributed by atoms with Gasteiger partial charge in [0.25, 0.3) is 0 Å². The molecule has 1 fully saturated rings. The topological polar surface area (TPSA) is 50.2 Å². The van der Waals surface area contributed by atoms with Crippen molar-refractivity contribution in [1.29, 1.82) is 0 Å². The van der Waals surface area contributed by atoms with Crippen LogP contribution in [0.1, 0.15) is 38.7 Å². The number of rotatable bonds is 7. The first-order valence-corrected chi connectivity index (χ1v) is 11.0. The van der Waals surface area contributed by atoms with Gasteiger partial charge in [-0.2, -0.15) is 13.2 Å². The Bertz CT molecular complexity index is 844. The van der Waals surface area contributed by atoms with Gasteiger partial charge in [-0.1, -0.05) is 25.6 Å². The van der Waals surface area contributed by atoms with Gasteiger partial charge in [0, 0.05) is 25.7 Å². The highest BCUT2D eigenvalue weighted by Gasteiger charge is 2.31. The number of nitrogens with zero attached hydrogens (tertiary/aromatic N) is 3. The van der Waals surface area contributed by atoms with Gasteiger partial charge < -0.3 is 14.8 Å². The maximum atomic E-state index is 13.1. The van der Waals surface area contributed by atoms with Crippen molar-refractivity contribution in [3.05, 3.63) is 23.8 Å². The number of likely N-dealkylation sites (tertiary alicyclic amines) is 1. The molecule has 1 aliphatic heterocycles. The smallest absolute Gasteiger partial charge is 0.353 e. The standard InChI is InChI=1S/C20H27F3N4OS/c1-3-9-27-17-12-14(20(21,22)23)5-6-16(17)25-19(27)29-13-18(28)24-15-7-10-26(4-2)11-8-15/h5-6,12,15H,3-4,7-11,13H2,1-2H3,(H,24,28). The van der Waals surface area contributed by atoms with E-state index in [1.807, 2.05) is 6.92 Å². The number of amides is 1. The van der Waals surface area contributed by atoms with Crippen LogP contribution in [0.25, 0.3) is 11.0 Å². The van der Waals surface area contributed by atoms with Gasteiger partial charge in [-0.25, -0.2) is 4.98 Å². The predicted molar refractivity (Wildman–Crippen MR) is 109 cm³/mol. The number of aryl methyl sites for hydroxylation is 1. The fraction of sp³-hybridized carbons (Fsp3) is 0.600. The monoisotopic (exact) mass is 428 g/mol. The molecule has 3 rings (SSSR count). The summed E-state index contributed by atoms with van der Waals surface area (Å²) >= 11 is 1.28. The molecule has 1 amide bonds. The number of imidazole rings is 1. The molecular weight excluding hydrogens is 401 g/mol. The number of fused-ring (bicyclic) bond motifs is 1. The average Bonchev–Trinajstić information content (AvgIpc) is 3.03. The van der Waals surface area contributed by atoms with Crippen molar-refractivity contribution in [3.63, 3.8) is 0 Å². The first kappa shape index (κ1) is 22.0. The second kappa shape index (κ2) is 9.38. The van der Waals surface area contributed by atoms with E-state index in [1.165, 1.54) is 17.8 Å². The normalized spacial score (nSPS) is 16.4. The van der Waals surface area contributed by atoms with Gasteiger partial charge >= 0.3 is 6.18 Å². The van der Waals surface area contributed by atoms with Crippen LogP contribution in [0.3, 0.4) is 0 Å². The SMILES string of the molecule is CCCn1c(SCC(=O)NC2CCN(CC)CC2)nc2ccc(C(F)(F)F)cc21. The van der Waals surface area contributed by atoms with Crippen LogP contribution in [0.2, 0.25) is 0 Å². The van der Waals surface area contributed by atoms with E-state index in [4.69, 9.17) is 0 Å². The van der Waals surface area contributed by atoms with Crippen molar-refractivity contribution >= 4 is 28.7 Å². The lowest BCUT2D eigenvalue weighted by Gasteiger charge is -2.31. The summed E-state index contributed by atoms with van der Waals surface area (Å²) in [5.41, 5.74) is 0.285. The maximum Gasteiger partial charge on any atom is 0.416 e. The molecule has 0 aliphatic carbocycles. The fourth-order valence-corrected chi connectivity index (χ4v) is 4.47. The van der Waals surface area contributed by atoms with Gasteiger partial charge in [0.2, 0.25) is 5.91 Å². The molecule has 0 saturated carbocycles. The first-order chi connectivity index (χ1) is 13.8. The van der Waals surface area contributed by atoms with E-state index in [9.17, 15) is 18.0 Å². The third-order valence-electron chi connectivity index (χ3n) is 5.22. The van der Waals surface area contributed by atoms with Gasteiger partial charge in [0.15, 0.2) is 5.16 Å². The van der Waals surface area contributed by atoms with Crippen molar-refractivity contribution in [1.82, 2.24) is 19.8 Å². The third-order valence-corrected chi connectivity index (χ3v) is 6.20. The number of piperidine rings is 1. The van der Waals surface area contributed by atoms with Gasteiger partial charge in [-0.05, 0) is 44.0 Å². The molecule has 0 atom stereocenters. The molecule has 5 nitrogen and oxygen atoms in total. The van der Waals surface area contributed by atoms with Crippen molar-refractivity contribution < 1.29 is 18.0 Å². The average molecular weight is 429 g/mol. The molecular formula is C20H27F3N4OS. The highest BCUT2D eigenvalue weighted by molar-refractivity contribution is 7.99. The van der Waals surface area contributed by atoms with E-state index in [0.29, 0.717) is 22.7 Å². The van der Waals surface area contributed by atoms with Gasteiger partial charge in [-0.3, -0.25) is 4.79 Å². The number of halogens is 3. The maximum absolute atomic E-state index is 13.1. The molecule has 1 aromatic heterocycles. The Morgan fingerprint density at radius 3 is 2.62 bits per heavy atom. The Morgan fingerprint density at radius 1 is 1.28 bits per heavy atom.